The van der Waals surface area contributed by atoms with Gasteiger partial charge in [0.15, 0.2) is 5.82 Å². The summed E-state index contributed by atoms with van der Waals surface area (Å²) >= 11 is 0. The van der Waals surface area contributed by atoms with E-state index in [1.165, 1.54) is 12.1 Å². The number of hydrogen-bond acceptors (Lipinski definition) is 5. The molecule has 140 valence electrons. The van der Waals surface area contributed by atoms with Crippen molar-refractivity contribution in [1.29, 1.82) is 0 Å². The molecule has 2 heterocycles. The van der Waals surface area contributed by atoms with Crippen LogP contribution in [-0.4, -0.2) is 62.1 Å². The monoisotopic (exact) mass is 360 g/mol. The number of halogens is 1. The predicted molar refractivity (Wildman–Crippen MR) is 95.0 cm³/mol. The second-order valence-corrected chi connectivity index (χ2v) is 7.88. The highest BCUT2D eigenvalue weighted by atomic mass is 19.1. The predicted octanol–water partition coefficient (Wildman–Crippen LogP) is 1.88. The van der Waals surface area contributed by atoms with Crippen LogP contribution in [0.5, 0.6) is 0 Å². The van der Waals surface area contributed by atoms with E-state index in [0.29, 0.717) is 31.9 Å². The van der Waals surface area contributed by atoms with Crippen molar-refractivity contribution in [3.8, 4) is 5.69 Å². The van der Waals surface area contributed by atoms with Gasteiger partial charge in [-0.15, -0.1) is 5.10 Å². The summed E-state index contributed by atoms with van der Waals surface area (Å²) in [5.74, 6) is 0.624. The molecule has 0 saturated carbocycles. The van der Waals surface area contributed by atoms with Crippen molar-refractivity contribution in [2.75, 3.05) is 26.2 Å². The summed E-state index contributed by atoms with van der Waals surface area (Å²) in [5, 5.41) is 11.9. The van der Waals surface area contributed by atoms with Crippen molar-refractivity contribution in [1.82, 2.24) is 30.0 Å². The number of amides is 1. The number of hydrogen-bond donors (Lipinski definition) is 0. The molecule has 1 fully saturated rings. The maximum Gasteiger partial charge on any atom is 0.223 e. The normalized spacial score (nSPS) is 16.1. The maximum atomic E-state index is 13.1. The van der Waals surface area contributed by atoms with E-state index in [2.05, 4.69) is 41.2 Å². The Morgan fingerprint density at radius 3 is 2.38 bits per heavy atom. The number of tetrazole rings is 1. The molecule has 0 N–H and O–H groups in total. The molecule has 0 radical (unpaired) electrons. The SMILES string of the molecule is CC(C)(C)CC(=O)N1CCN(Cc2nnnn2-c2ccc(F)cc2)CC1. The molecule has 1 amide bonds. The molecule has 7 nitrogen and oxygen atoms in total. The highest BCUT2D eigenvalue weighted by molar-refractivity contribution is 5.76. The zero-order chi connectivity index (χ0) is 18.7. The van der Waals surface area contributed by atoms with Crippen LogP contribution in [0.15, 0.2) is 24.3 Å². The molecule has 1 saturated heterocycles. The molecule has 1 aromatic heterocycles. The van der Waals surface area contributed by atoms with Gasteiger partial charge in [-0.05, 0) is 40.1 Å². The van der Waals surface area contributed by atoms with Crippen LogP contribution in [0.2, 0.25) is 0 Å². The lowest BCUT2D eigenvalue weighted by Gasteiger charge is -2.35. The van der Waals surface area contributed by atoms with Crippen LogP contribution < -0.4 is 0 Å². The lowest BCUT2D eigenvalue weighted by atomic mass is 9.91. The first kappa shape index (κ1) is 18.4. The lowest BCUT2D eigenvalue weighted by molar-refractivity contribution is -0.134. The fraction of sp³-hybridized carbons (Fsp3) is 0.556. The fourth-order valence-electron chi connectivity index (χ4n) is 3.01. The molecule has 0 spiro atoms. The van der Waals surface area contributed by atoms with E-state index < -0.39 is 0 Å². The maximum absolute atomic E-state index is 13.1. The van der Waals surface area contributed by atoms with Crippen molar-refractivity contribution >= 4 is 5.91 Å². The number of piperazine rings is 1. The van der Waals surface area contributed by atoms with Gasteiger partial charge < -0.3 is 4.90 Å². The third-order valence-corrected chi connectivity index (χ3v) is 4.38. The van der Waals surface area contributed by atoms with Crippen LogP contribution in [0.1, 0.15) is 33.0 Å². The first-order valence-electron chi connectivity index (χ1n) is 8.85. The number of rotatable bonds is 4. The van der Waals surface area contributed by atoms with Crippen molar-refractivity contribution < 1.29 is 9.18 Å². The molecular weight excluding hydrogens is 335 g/mol. The van der Waals surface area contributed by atoms with Crippen LogP contribution in [0.4, 0.5) is 4.39 Å². The third-order valence-electron chi connectivity index (χ3n) is 4.38. The molecule has 26 heavy (non-hydrogen) atoms. The quantitative estimate of drug-likeness (QED) is 0.833. The van der Waals surface area contributed by atoms with E-state index in [9.17, 15) is 9.18 Å². The summed E-state index contributed by atoms with van der Waals surface area (Å²) in [6.45, 7) is 9.83. The van der Waals surface area contributed by atoms with Crippen LogP contribution in [0.3, 0.4) is 0 Å². The fourth-order valence-corrected chi connectivity index (χ4v) is 3.01. The molecule has 2 aromatic rings. The van der Waals surface area contributed by atoms with Gasteiger partial charge in [-0.2, -0.15) is 4.68 Å². The standard InChI is InChI=1S/C18H25FN6O/c1-18(2,3)12-17(26)24-10-8-23(9-11-24)13-16-20-21-22-25(16)15-6-4-14(19)5-7-15/h4-7H,8-13H2,1-3H3. The smallest absolute Gasteiger partial charge is 0.223 e. The van der Waals surface area contributed by atoms with Crippen molar-refractivity contribution in [2.24, 2.45) is 5.41 Å². The summed E-state index contributed by atoms with van der Waals surface area (Å²) < 4.78 is 14.7. The van der Waals surface area contributed by atoms with Crippen molar-refractivity contribution in [3.05, 3.63) is 35.9 Å². The van der Waals surface area contributed by atoms with Crippen LogP contribution >= 0.6 is 0 Å². The molecular formula is C18H25FN6O. The van der Waals surface area contributed by atoms with E-state index in [1.54, 1.807) is 16.8 Å². The molecule has 1 aromatic carbocycles. The number of carbonyl (C=O) groups excluding carboxylic acids is 1. The Balaban J connectivity index is 1.58. The van der Waals surface area contributed by atoms with Crippen molar-refractivity contribution in [2.45, 2.75) is 33.7 Å². The lowest BCUT2D eigenvalue weighted by Crippen LogP contribution is -2.49. The first-order valence-corrected chi connectivity index (χ1v) is 8.85. The van der Waals surface area contributed by atoms with E-state index >= 15 is 0 Å². The molecule has 0 aliphatic carbocycles. The van der Waals surface area contributed by atoms with Gasteiger partial charge in [0.2, 0.25) is 5.91 Å². The summed E-state index contributed by atoms with van der Waals surface area (Å²) in [6.07, 6.45) is 0.565. The number of benzene rings is 1. The van der Waals surface area contributed by atoms with Gasteiger partial charge in [-0.1, -0.05) is 20.8 Å². The number of nitrogens with zero attached hydrogens (tertiary/aromatic N) is 6. The Bertz CT molecular complexity index is 744. The average molecular weight is 360 g/mol. The van der Waals surface area contributed by atoms with Gasteiger partial charge in [0.05, 0.1) is 12.2 Å². The van der Waals surface area contributed by atoms with Gasteiger partial charge in [0, 0.05) is 32.6 Å². The van der Waals surface area contributed by atoms with Gasteiger partial charge in [-0.25, -0.2) is 4.39 Å². The zero-order valence-corrected chi connectivity index (χ0v) is 15.5. The molecule has 8 heteroatoms. The number of aromatic nitrogens is 4. The van der Waals surface area contributed by atoms with Gasteiger partial charge >= 0.3 is 0 Å². The molecule has 0 bridgehead atoms. The second-order valence-electron chi connectivity index (χ2n) is 7.88. The minimum atomic E-state index is -0.292. The topological polar surface area (TPSA) is 67.2 Å². The largest absolute Gasteiger partial charge is 0.340 e. The van der Waals surface area contributed by atoms with Crippen LogP contribution in [0, 0.1) is 11.2 Å². The van der Waals surface area contributed by atoms with Crippen LogP contribution in [-0.2, 0) is 11.3 Å². The highest BCUT2D eigenvalue weighted by Gasteiger charge is 2.25. The summed E-state index contributed by atoms with van der Waals surface area (Å²) in [6, 6.07) is 6.08. The number of carbonyl (C=O) groups is 1. The van der Waals surface area contributed by atoms with Crippen molar-refractivity contribution in [3.63, 3.8) is 0 Å². The molecule has 1 aliphatic heterocycles. The summed E-state index contributed by atoms with van der Waals surface area (Å²) in [5.41, 5.74) is 0.733. The molecule has 0 unspecified atom stereocenters. The third kappa shape index (κ3) is 4.63. The average Bonchev–Trinajstić information content (AvgIpc) is 3.03. The van der Waals surface area contributed by atoms with E-state index in [4.69, 9.17) is 0 Å². The highest BCUT2D eigenvalue weighted by Crippen LogP contribution is 2.20. The van der Waals surface area contributed by atoms with Gasteiger partial charge in [-0.3, -0.25) is 9.69 Å². The molecule has 3 rings (SSSR count). The Morgan fingerprint density at radius 2 is 1.77 bits per heavy atom. The molecule has 0 atom stereocenters. The Kier molecular flexibility index (Phi) is 5.31. The Hall–Kier alpha value is -2.35. The van der Waals surface area contributed by atoms with E-state index in [0.717, 1.165) is 18.8 Å². The summed E-state index contributed by atoms with van der Waals surface area (Å²) in [7, 11) is 0. The minimum absolute atomic E-state index is 0.00542. The van der Waals surface area contributed by atoms with E-state index in [-0.39, 0.29) is 17.1 Å². The Labute approximate surface area is 152 Å². The zero-order valence-electron chi connectivity index (χ0n) is 15.5. The minimum Gasteiger partial charge on any atom is -0.340 e. The second kappa shape index (κ2) is 7.49. The van der Waals surface area contributed by atoms with Gasteiger partial charge in [0.1, 0.15) is 5.82 Å². The summed E-state index contributed by atoms with van der Waals surface area (Å²) in [4.78, 5) is 16.5. The Morgan fingerprint density at radius 1 is 1.12 bits per heavy atom. The first-order chi connectivity index (χ1) is 12.3. The van der Waals surface area contributed by atoms with E-state index in [1.807, 2.05) is 4.90 Å². The van der Waals surface area contributed by atoms with Gasteiger partial charge in [0.25, 0.3) is 0 Å². The molecule has 1 aliphatic rings. The van der Waals surface area contributed by atoms with Crippen LogP contribution in [0.25, 0.3) is 5.69 Å².